The molecule has 0 atom stereocenters. The fraction of sp³-hybridized carbons (Fsp3) is 0. The molecule has 1 aromatic carbocycles. The number of aromatic nitrogens is 1. The van der Waals surface area contributed by atoms with E-state index >= 15 is 0 Å². The van der Waals surface area contributed by atoms with Crippen LogP contribution in [0.1, 0.15) is 0 Å². The zero-order valence-corrected chi connectivity index (χ0v) is 9.33. The quantitative estimate of drug-likeness (QED) is 0.861. The molecule has 0 bridgehead atoms. The highest BCUT2D eigenvalue weighted by Crippen LogP contribution is 2.27. The Labute approximate surface area is 95.1 Å². The highest BCUT2D eigenvalue weighted by atomic mass is 79.9. The lowest BCUT2D eigenvalue weighted by molar-refractivity contribution is 0.628. The molecule has 2 aromatic rings. The summed E-state index contributed by atoms with van der Waals surface area (Å²) < 4.78 is 13.8. The van der Waals surface area contributed by atoms with E-state index in [1.807, 2.05) is 0 Å². The van der Waals surface area contributed by atoms with Crippen LogP contribution in [0, 0.1) is 5.82 Å². The Kier molecular flexibility index (Phi) is 2.68. The lowest BCUT2D eigenvalue weighted by Gasteiger charge is -2.04. The first-order chi connectivity index (χ1) is 7.16. The molecule has 0 aliphatic carbocycles. The van der Waals surface area contributed by atoms with E-state index < -0.39 is 0 Å². The number of nitrogens with zero attached hydrogens (tertiary/aromatic N) is 1. The number of rotatable bonds is 1. The second-order valence-corrected chi connectivity index (χ2v) is 3.96. The molecule has 1 heterocycles. The Bertz CT molecular complexity index is 500. The second kappa shape index (κ2) is 3.98. The highest BCUT2D eigenvalue weighted by Gasteiger charge is 2.05. The Morgan fingerprint density at radius 1 is 1.27 bits per heavy atom. The first-order valence-electron chi connectivity index (χ1n) is 4.34. The smallest absolute Gasteiger partial charge is 0.123 e. The average Bonchev–Trinajstić information content (AvgIpc) is 2.17. The number of pyridine rings is 1. The van der Waals surface area contributed by atoms with Crippen LogP contribution in [-0.2, 0) is 0 Å². The van der Waals surface area contributed by atoms with E-state index in [9.17, 15) is 4.39 Å². The Morgan fingerprint density at radius 3 is 2.73 bits per heavy atom. The third-order valence-electron chi connectivity index (χ3n) is 1.96. The van der Waals surface area contributed by atoms with E-state index in [-0.39, 0.29) is 5.82 Å². The van der Waals surface area contributed by atoms with Gasteiger partial charge in [0.1, 0.15) is 5.82 Å². The number of benzene rings is 1. The first kappa shape index (κ1) is 10.1. The second-order valence-electron chi connectivity index (χ2n) is 3.11. The van der Waals surface area contributed by atoms with Crippen LogP contribution in [0.25, 0.3) is 11.3 Å². The van der Waals surface area contributed by atoms with Gasteiger partial charge in [-0.05, 0) is 34.1 Å². The lowest BCUT2D eigenvalue weighted by atomic mass is 10.1. The van der Waals surface area contributed by atoms with Crippen molar-refractivity contribution in [3.8, 4) is 11.3 Å². The van der Waals surface area contributed by atoms with Crippen molar-refractivity contribution >= 4 is 21.6 Å². The van der Waals surface area contributed by atoms with Gasteiger partial charge in [0.2, 0.25) is 0 Å². The summed E-state index contributed by atoms with van der Waals surface area (Å²) in [7, 11) is 0. The number of hydrogen-bond acceptors (Lipinski definition) is 2. The van der Waals surface area contributed by atoms with Crippen LogP contribution in [-0.4, -0.2) is 4.98 Å². The van der Waals surface area contributed by atoms with Crippen LogP contribution in [0.2, 0.25) is 0 Å². The van der Waals surface area contributed by atoms with Crippen molar-refractivity contribution < 1.29 is 4.39 Å². The largest absolute Gasteiger partial charge is 0.397 e. The van der Waals surface area contributed by atoms with Crippen LogP contribution >= 0.6 is 15.9 Å². The van der Waals surface area contributed by atoms with E-state index in [2.05, 4.69) is 20.9 Å². The van der Waals surface area contributed by atoms with Gasteiger partial charge in [0.05, 0.1) is 17.6 Å². The lowest BCUT2D eigenvalue weighted by Crippen LogP contribution is -1.90. The molecule has 2 rings (SSSR count). The molecule has 2 nitrogen and oxygen atoms in total. The van der Waals surface area contributed by atoms with Gasteiger partial charge in [0.15, 0.2) is 0 Å². The number of hydrogen-bond donors (Lipinski definition) is 1. The van der Waals surface area contributed by atoms with Crippen LogP contribution in [0.3, 0.4) is 0 Å². The van der Waals surface area contributed by atoms with E-state index in [4.69, 9.17) is 5.73 Å². The molecular formula is C11H8BrFN2. The van der Waals surface area contributed by atoms with Gasteiger partial charge in [-0.3, -0.25) is 4.98 Å². The molecule has 15 heavy (non-hydrogen) atoms. The third kappa shape index (κ3) is 2.15. The van der Waals surface area contributed by atoms with E-state index in [1.165, 1.54) is 12.1 Å². The summed E-state index contributed by atoms with van der Waals surface area (Å²) in [6.07, 6.45) is 1.55. The standard InChI is InChI=1S/C11H8BrFN2/c12-10-5-9(14)6-15-11(10)7-2-1-3-8(13)4-7/h1-6H,14H2. The monoisotopic (exact) mass is 266 g/mol. The van der Waals surface area contributed by atoms with Gasteiger partial charge in [-0.25, -0.2) is 4.39 Å². The molecular weight excluding hydrogens is 259 g/mol. The minimum atomic E-state index is -0.280. The van der Waals surface area contributed by atoms with Crippen molar-refractivity contribution in [3.63, 3.8) is 0 Å². The van der Waals surface area contributed by atoms with Crippen LogP contribution in [0.4, 0.5) is 10.1 Å². The minimum absolute atomic E-state index is 0.280. The van der Waals surface area contributed by atoms with Gasteiger partial charge in [0.25, 0.3) is 0 Å². The molecule has 0 aliphatic rings. The van der Waals surface area contributed by atoms with Crippen LogP contribution < -0.4 is 5.73 Å². The molecule has 4 heteroatoms. The van der Waals surface area contributed by atoms with Gasteiger partial charge < -0.3 is 5.73 Å². The maximum Gasteiger partial charge on any atom is 0.123 e. The van der Waals surface area contributed by atoms with E-state index in [0.29, 0.717) is 11.4 Å². The van der Waals surface area contributed by atoms with Crippen molar-refractivity contribution in [1.82, 2.24) is 4.98 Å². The zero-order chi connectivity index (χ0) is 10.8. The minimum Gasteiger partial charge on any atom is -0.397 e. The summed E-state index contributed by atoms with van der Waals surface area (Å²) >= 11 is 3.34. The summed E-state index contributed by atoms with van der Waals surface area (Å²) in [5, 5.41) is 0. The normalized spacial score (nSPS) is 10.3. The highest BCUT2D eigenvalue weighted by molar-refractivity contribution is 9.10. The predicted molar refractivity (Wildman–Crippen MR) is 61.7 cm³/mol. The SMILES string of the molecule is Nc1cnc(-c2cccc(F)c2)c(Br)c1. The predicted octanol–water partition coefficient (Wildman–Crippen LogP) is 3.23. The van der Waals surface area contributed by atoms with Gasteiger partial charge in [-0.1, -0.05) is 12.1 Å². The molecule has 0 saturated heterocycles. The molecule has 0 fully saturated rings. The van der Waals surface area contributed by atoms with Gasteiger partial charge >= 0.3 is 0 Å². The van der Waals surface area contributed by atoms with Crippen molar-refractivity contribution in [2.45, 2.75) is 0 Å². The van der Waals surface area contributed by atoms with Crippen LogP contribution in [0.5, 0.6) is 0 Å². The Morgan fingerprint density at radius 2 is 2.07 bits per heavy atom. The molecule has 0 spiro atoms. The number of halogens is 2. The van der Waals surface area contributed by atoms with Crippen LogP contribution in [0.15, 0.2) is 41.0 Å². The molecule has 0 saturated carbocycles. The third-order valence-corrected chi connectivity index (χ3v) is 2.56. The summed E-state index contributed by atoms with van der Waals surface area (Å²) in [6, 6.07) is 8.02. The van der Waals surface area contributed by atoms with Gasteiger partial charge in [-0.2, -0.15) is 0 Å². The number of nitrogens with two attached hydrogens (primary N) is 1. The number of nitrogen functional groups attached to an aromatic ring is 1. The Balaban J connectivity index is 2.54. The van der Waals surface area contributed by atoms with Crippen molar-refractivity contribution in [1.29, 1.82) is 0 Å². The fourth-order valence-corrected chi connectivity index (χ4v) is 1.90. The maximum absolute atomic E-state index is 13.0. The van der Waals surface area contributed by atoms with E-state index in [1.54, 1.807) is 24.4 Å². The molecule has 0 aliphatic heterocycles. The van der Waals surface area contributed by atoms with Crippen molar-refractivity contribution in [2.24, 2.45) is 0 Å². The zero-order valence-electron chi connectivity index (χ0n) is 7.74. The topological polar surface area (TPSA) is 38.9 Å². The number of anilines is 1. The summed E-state index contributed by atoms with van der Waals surface area (Å²) in [5.74, 6) is -0.280. The van der Waals surface area contributed by atoms with Gasteiger partial charge in [0, 0.05) is 10.0 Å². The molecule has 0 amide bonds. The summed E-state index contributed by atoms with van der Waals surface area (Å²) in [6.45, 7) is 0. The molecule has 1 aromatic heterocycles. The summed E-state index contributed by atoms with van der Waals surface area (Å²) in [4.78, 5) is 4.15. The fourth-order valence-electron chi connectivity index (χ4n) is 1.30. The summed E-state index contributed by atoms with van der Waals surface area (Å²) in [5.41, 5.74) is 7.55. The average molecular weight is 267 g/mol. The molecule has 0 unspecified atom stereocenters. The Hall–Kier alpha value is -1.42. The van der Waals surface area contributed by atoms with Crippen molar-refractivity contribution in [3.05, 3.63) is 46.8 Å². The molecule has 2 N–H and O–H groups in total. The first-order valence-corrected chi connectivity index (χ1v) is 5.13. The van der Waals surface area contributed by atoms with Gasteiger partial charge in [-0.15, -0.1) is 0 Å². The molecule has 76 valence electrons. The van der Waals surface area contributed by atoms with Crippen molar-refractivity contribution in [2.75, 3.05) is 5.73 Å². The molecule has 0 radical (unpaired) electrons. The van der Waals surface area contributed by atoms with E-state index in [0.717, 1.165) is 10.0 Å². The maximum atomic E-state index is 13.0.